The van der Waals surface area contributed by atoms with Crippen LogP contribution in [0.4, 0.5) is 4.39 Å². The van der Waals surface area contributed by atoms with E-state index in [1.54, 1.807) is 26.8 Å². The molecule has 2 aliphatic heterocycles. The van der Waals surface area contributed by atoms with Crippen LogP contribution in [0.5, 0.6) is 0 Å². The number of hydrogen-bond acceptors (Lipinski definition) is 4. The number of amides is 3. The summed E-state index contributed by atoms with van der Waals surface area (Å²) in [5.41, 5.74) is 2.11. The maximum atomic E-state index is 14.9. The monoisotopic (exact) mass is 638 g/mol. The lowest BCUT2D eigenvalue weighted by Gasteiger charge is -2.42. The van der Waals surface area contributed by atoms with Crippen LogP contribution in [-0.4, -0.2) is 68.3 Å². The van der Waals surface area contributed by atoms with Crippen molar-refractivity contribution in [3.05, 3.63) is 99.9 Å². The van der Waals surface area contributed by atoms with E-state index >= 15 is 0 Å². The normalized spacial score (nSPS) is 20.7. The van der Waals surface area contributed by atoms with Crippen LogP contribution < -0.4 is 0 Å². The zero-order valence-electron chi connectivity index (χ0n) is 23.4. The van der Waals surface area contributed by atoms with Crippen molar-refractivity contribution in [3.8, 4) is 0 Å². The summed E-state index contributed by atoms with van der Waals surface area (Å²) in [7, 11) is 0. The zero-order chi connectivity index (χ0) is 30.3. The quantitative estimate of drug-likeness (QED) is 0.269. The molecule has 2 atom stereocenters. The molecule has 43 heavy (non-hydrogen) atoms. The largest absolute Gasteiger partial charge is 0.361 e. The van der Waals surface area contributed by atoms with E-state index in [4.69, 9.17) is 23.2 Å². The molecule has 6 rings (SSSR count). The van der Waals surface area contributed by atoms with Crippen molar-refractivity contribution in [2.24, 2.45) is 0 Å². The van der Waals surface area contributed by atoms with Gasteiger partial charge in [0.05, 0.1) is 17.5 Å². The van der Waals surface area contributed by atoms with E-state index in [1.165, 1.54) is 30.8 Å². The average molecular weight is 640 g/mol. The highest BCUT2D eigenvalue weighted by molar-refractivity contribution is 8.01. The molecule has 1 N–H and O–H groups in total. The summed E-state index contributed by atoms with van der Waals surface area (Å²) in [6.07, 6.45) is 1.78. The van der Waals surface area contributed by atoms with Gasteiger partial charge >= 0.3 is 0 Å². The number of nitrogens with one attached hydrogen (secondary N) is 1. The topological polar surface area (TPSA) is 76.7 Å². The molecule has 11 heteroatoms. The number of rotatable bonds is 6. The molecule has 0 spiro atoms. The number of piperazine rings is 1. The Balaban J connectivity index is 1.50. The Morgan fingerprint density at radius 3 is 2.42 bits per heavy atom. The Morgan fingerprint density at radius 1 is 1.00 bits per heavy atom. The van der Waals surface area contributed by atoms with E-state index in [2.05, 4.69) is 4.98 Å². The number of aromatic amines is 1. The smallest absolute Gasteiger partial charge is 0.242 e. The summed E-state index contributed by atoms with van der Waals surface area (Å²) in [4.78, 5) is 50.3. The first-order valence-corrected chi connectivity index (χ1v) is 15.5. The summed E-state index contributed by atoms with van der Waals surface area (Å²) >= 11 is 13.6. The molecule has 222 valence electrons. The fourth-order valence-electron chi connectivity index (χ4n) is 6.12. The predicted octanol–water partition coefficient (Wildman–Crippen LogP) is 6.31. The van der Waals surface area contributed by atoms with Crippen LogP contribution in [-0.2, 0) is 20.9 Å². The predicted molar refractivity (Wildman–Crippen MR) is 166 cm³/mol. The molecule has 0 bridgehead atoms. The first-order chi connectivity index (χ1) is 20.7. The molecule has 4 aromatic rings. The second-order valence-electron chi connectivity index (χ2n) is 10.9. The van der Waals surface area contributed by atoms with Crippen LogP contribution in [0.25, 0.3) is 10.9 Å². The standard InChI is InChI=1S/C32H29Cl2FN4O3S/c1-20(40)37-11-13-38(14-12-37)31(42)32(43-23-5-3-2-4-6-23)17-29(41)39(19-21-7-10-26(34)27(35)15-21)30(32)25-18-36-28-16-22(33)8-9-24(25)28/h2-10,15-16,18,30,36H,11-14,17,19H2,1H3/t30-,32?/m0/s1. The van der Waals surface area contributed by atoms with Gasteiger partial charge in [-0.15, -0.1) is 11.8 Å². The van der Waals surface area contributed by atoms with Crippen molar-refractivity contribution in [1.82, 2.24) is 19.7 Å². The molecule has 1 aromatic heterocycles. The summed E-state index contributed by atoms with van der Waals surface area (Å²) in [6.45, 7) is 3.18. The molecule has 0 aliphatic carbocycles. The Labute approximate surface area is 262 Å². The second kappa shape index (κ2) is 11.9. The molecular weight excluding hydrogens is 610 g/mol. The minimum absolute atomic E-state index is 0.00424. The van der Waals surface area contributed by atoms with Gasteiger partial charge in [-0.2, -0.15) is 0 Å². The van der Waals surface area contributed by atoms with Gasteiger partial charge in [-0.1, -0.05) is 53.5 Å². The fraction of sp³-hybridized carbons (Fsp3) is 0.281. The summed E-state index contributed by atoms with van der Waals surface area (Å²) < 4.78 is 13.3. The lowest BCUT2D eigenvalue weighted by molar-refractivity contribution is -0.140. The first-order valence-electron chi connectivity index (χ1n) is 13.9. The number of fused-ring (bicyclic) bond motifs is 1. The van der Waals surface area contributed by atoms with Gasteiger partial charge in [-0.25, -0.2) is 4.39 Å². The Kier molecular flexibility index (Phi) is 8.15. The number of nitrogens with zero attached hydrogens (tertiary/aromatic N) is 3. The fourth-order valence-corrected chi connectivity index (χ4v) is 7.90. The lowest BCUT2D eigenvalue weighted by Crippen LogP contribution is -2.56. The summed E-state index contributed by atoms with van der Waals surface area (Å²) in [6, 6.07) is 18.8. The summed E-state index contributed by atoms with van der Waals surface area (Å²) in [5.74, 6) is -1.000. The third-order valence-corrected chi connectivity index (χ3v) is 10.2. The van der Waals surface area contributed by atoms with E-state index < -0.39 is 16.6 Å². The van der Waals surface area contributed by atoms with Gasteiger partial charge in [-0.05, 0) is 42.0 Å². The van der Waals surface area contributed by atoms with E-state index in [0.717, 1.165) is 21.4 Å². The number of hydrogen-bond donors (Lipinski definition) is 1. The molecule has 1 unspecified atom stereocenters. The number of carbonyl (C=O) groups excluding carboxylic acids is 3. The van der Waals surface area contributed by atoms with Crippen molar-refractivity contribution in [3.63, 3.8) is 0 Å². The van der Waals surface area contributed by atoms with E-state index in [-0.39, 0.29) is 35.7 Å². The third kappa shape index (κ3) is 5.61. The lowest BCUT2D eigenvalue weighted by atomic mass is 9.90. The highest BCUT2D eigenvalue weighted by atomic mass is 35.5. The molecule has 2 aliphatic rings. The number of thioether (sulfide) groups is 1. The average Bonchev–Trinajstić information content (AvgIpc) is 3.52. The van der Waals surface area contributed by atoms with E-state index in [0.29, 0.717) is 36.8 Å². The molecule has 3 amide bonds. The van der Waals surface area contributed by atoms with Gasteiger partial charge in [0, 0.05) is 72.2 Å². The van der Waals surface area contributed by atoms with Crippen molar-refractivity contribution < 1.29 is 18.8 Å². The number of benzene rings is 3. The minimum Gasteiger partial charge on any atom is -0.361 e. The van der Waals surface area contributed by atoms with Gasteiger partial charge < -0.3 is 19.7 Å². The van der Waals surface area contributed by atoms with Gasteiger partial charge in [0.25, 0.3) is 0 Å². The van der Waals surface area contributed by atoms with Gasteiger partial charge in [0.1, 0.15) is 10.6 Å². The first kappa shape index (κ1) is 29.5. The van der Waals surface area contributed by atoms with Gasteiger partial charge in [0.2, 0.25) is 17.7 Å². The highest BCUT2D eigenvalue weighted by Gasteiger charge is 2.59. The van der Waals surface area contributed by atoms with Crippen LogP contribution in [0.1, 0.15) is 30.5 Å². The molecular formula is C32H29Cl2FN4O3S. The number of likely N-dealkylation sites (tertiary alicyclic amines) is 1. The molecule has 2 fully saturated rings. The number of H-pyrrole nitrogens is 1. The van der Waals surface area contributed by atoms with Gasteiger partial charge in [-0.3, -0.25) is 14.4 Å². The summed E-state index contributed by atoms with van der Waals surface area (Å²) in [5, 5.41) is 1.39. The van der Waals surface area contributed by atoms with Crippen molar-refractivity contribution in [1.29, 1.82) is 0 Å². The van der Waals surface area contributed by atoms with Crippen LogP contribution in [0.3, 0.4) is 0 Å². The van der Waals surface area contributed by atoms with Crippen LogP contribution >= 0.6 is 35.0 Å². The Morgan fingerprint density at radius 2 is 1.72 bits per heavy atom. The molecule has 2 saturated heterocycles. The number of halogens is 3. The van der Waals surface area contributed by atoms with Gasteiger partial charge in [0.15, 0.2) is 0 Å². The van der Waals surface area contributed by atoms with E-state index in [9.17, 15) is 18.8 Å². The molecule has 0 saturated carbocycles. The Hall–Kier alpha value is -3.53. The maximum absolute atomic E-state index is 14.9. The van der Waals surface area contributed by atoms with Crippen LogP contribution in [0.15, 0.2) is 77.8 Å². The Bertz CT molecular complexity index is 1710. The maximum Gasteiger partial charge on any atom is 0.242 e. The van der Waals surface area contributed by atoms with E-state index in [1.807, 2.05) is 48.7 Å². The molecule has 7 nitrogen and oxygen atoms in total. The second-order valence-corrected chi connectivity index (χ2v) is 13.1. The molecule has 0 radical (unpaired) electrons. The number of aromatic nitrogens is 1. The van der Waals surface area contributed by atoms with Crippen molar-refractivity contribution in [2.75, 3.05) is 26.2 Å². The highest BCUT2D eigenvalue weighted by Crippen LogP contribution is 2.55. The molecule has 3 aromatic carbocycles. The third-order valence-electron chi connectivity index (χ3n) is 8.21. The minimum atomic E-state index is -1.25. The van der Waals surface area contributed by atoms with Crippen LogP contribution in [0, 0.1) is 5.82 Å². The van der Waals surface area contributed by atoms with Crippen molar-refractivity contribution in [2.45, 2.75) is 35.6 Å². The zero-order valence-corrected chi connectivity index (χ0v) is 25.7. The van der Waals surface area contributed by atoms with Crippen molar-refractivity contribution >= 4 is 63.6 Å². The van der Waals surface area contributed by atoms with Crippen LogP contribution in [0.2, 0.25) is 10.0 Å². The number of carbonyl (C=O) groups is 3. The SMILES string of the molecule is CC(=O)N1CCN(C(=O)C2(Sc3ccccc3)CC(=O)N(Cc3ccc(Cl)c(F)c3)[C@H]2c2c[nH]c3cc(Cl)ccc23)CC1. The molecule has 3 heterocycles.